The Morgan fingerprint density at radius 1 is 1.65 bits per heavy atom. The number of nitrogens with two attached hydrogens (primary N) is 1. The SMILES string of the molecule is CN(C(=O)c1cn(CCN)nn1)C(C)(C)CO. The normalized spacial score (nSPS) is 11.6. The number of aliphatic hydroxyl groups is 1. The van der Waals surface area contributed by atoms with Gasteiger partial charge < -0.3 is 15.7 Å². The molecular formula is C10H19N5O2. The summed E-state index contributed by atoms with van der Waals surface area (Å²) < 4.78 is 1.52. The van der Waals surface area contributed by atoms with E-state index in [2.05, 4.69) is 10.3 Å². The number of carbonyl (C=O) groups is 1. The van der Waals surface area contributed by atoms with Crippen molar-refractivity contribution >= 4 is 5.91 Å². The zero-order valence-corrected chi connectivity index (χ0v) is 10.4. The molecule has 7 nitrogen and oxygen atoms in total. The average molecular weight is 241 g/mol. The first-order valence-electron chi connectivity index (χ1n) is 5.41. The Balaban J connectivity index is 2.81. The molecule has 1 rings (SSSR count). The predicted octanol–water partition coefficient (Wildman–Crippen LogP) is -0.920. The molecule has 1 aromatic rings. The number of nitrogens with zero attached hydrogens (tertiary/aromatic N) is 4. The van der Waals surface area contributed by atoms with Gasteiger partial charge in [-0.05, 0) is 13.8 Å². The van der Waals surface area contributed by atoms with Crippen molar-refractivity contribution in [1.29, 1.82) is 0 Å². The van der Waals surface area contributed by atoms with E-state index < -0.39 is 5.54 Å². The Kier molecular flexibility index (Phi) is 4.19. The highest BCUT2D eigenvalue weighted by atomic mass is 16.3. The molecular weight excluding hydrogens is 222 g/mol. The van der Waals surface area contributed by atoms with Crippen LogP contribution in [0.2, 0.25) is 0 Å². The summed E-state index contributed by atoms with van der Waals surface area (Å²) in [7, 11) is 1.63. The van der Waals surface area contributed by atoms with Crippen molar-refractivity contribution in [2.75, 3.05) is 20.2 Å². The minimum Gasteiger partial charge on any atom is -0.394 e. The van der Waals surface area contributed by atoms with Crippen LogP contribution in [-0.2, 0) is 6.54 Å². The van der Waals surface area contributed by atoms with Crippen LogP contribution < -0.4 is 5.73 Å². The highest BCUT2D eigenvalue weighted by molar-refractivity contribution is 5.92. The van der Waals surface area contributed by atoms with Crippen LogP contribution in [0.4, 0.5) is 0 Å². The van der Waals surface area contributed by atoms with Gasteiger partial charge in [-0.3, -0.25) is 9.48 Å². The lowest BCUT2D eigenvalue weighted by molar-refractivity contribution is 0.0467. The van der Waals surface area contributed by atoms with Crippen LogP contribution in [0, 0.1) is 0 Å². The quantitative estimate of drug-likeness (QED) is 0.695. The summed E-state index contributed by atoms with van der Waals surface area (Å²) in [5.74, 6) is -0.271. The number of hydrogen-bond acceptors (Lipinski definition) is 5. The van der Waals surface area contributed by atoms with E-state index in [4.69, 9.17) is 5.73 Å². The molecule has 3 N–H and O–H groups in total. The summed E-state index contributed by atoms with van der Waals surface area (Å²) in [5, 5.41) is 16.8. The summed E-state index contributed by atoms with van der Waals surface area (Å²) >= 11 is 0. The lowest BCUT2D eigenvalue weighted by Gasteiger charge is -2.33. The predicted molar refractivity (Wildman–Crippen MR) is 62.3 cm³/mol. The minimum atomic E-state index is -0.630. The molecule has 0 aromatic carbocycles. The van der Waals surface area contributed by atoms with E-state index in [-0.39, 0.29) is 18.2 Å². The summed E-state index contributed by atoms with van der Waals surface area (Å²) in [6.07, 6.45) is 1.55. The summed E-state index contributed by atoms with van der Waals surface area (Å²) in [4.78, 5) is 13.5. The Hall–Kier alpha value is -1.47. The van der Waals surface area contributed by atoms with Crippen molar-refractivity contribution in [3.05, 3.63) is 11.9 Å². The highest BCUT2D eigenvalue weighted by Gasteiger charge is 2.28. The standard InChI is InChI=1S/C10H19N5O2/c1-10(2,7-16)14(3)9(17)8-6-15(5-4-11)13-12-8/h6,16H,4-5,7,11H2,1-3H3. The van der Waals surface area contributed by atoms with Gasteiger partial charge in [0.1, 0.15) is 0 Å². The van der Waals surface area contributed by atoms with E-state index >= 15 is 0 Å². The van der Waals surface area contributed by atoms with Crippen LogP contribution in [0.3, 0.4) is 0 Å². The minimum absolute atomic E-state index is 0.119. The monoisotopic (exact) mass is 241 g/mol. The zero-order valence-electron chi connectivity index (χ0n) is 10.4. The second kappa shape index (κ2) is 5.24. The fraction of sp³-hybridized carbons (Fsp3) is 0.700. The molecule has 1 heterocycles. The molecule has 17 heavy (non-hydrogen) atoms. The smallest absolute Gasteiger partial charge is 0.276 e. The maximum absolute atomic E-state index is 12.0. The molecule has 0 unspecified atom stereocenters. The molecule has 0 saturated heterocycles. The van der Waals surface area contributed by atoms with Crippen molar-refractivity contribution in [3.63, 3.8) is 0 Å². The van der Waals surface area contributed by atoms with Crippen LogP contribution in [0.1, 0.15) is 24.3 Å². The van der Waals surface area contributed by atoms with E-state index in [0.29, 0.717) is 13.1 Å². The van der Waals surface area contributed by atoms with E-state index in [1.807, 2.05) is 0 Å². The van der Waals surface area contributed by atoms with Crippen molar-refractivity contribution in [1.82, 2.24) is 19.9 Å². The second-order valence-electron chi connectivity index (χ2n) is 4.49. The molecule has 0 aliphatic rings. The van der Waals surface area contributed by atoms with Crippen molar-refractivity contribution in [2.24, 2.45) is 5.73 Å². The molecule has 96 valence electrons. The van der Waals surface area contributed by atoms with Crippen molar-refractivity contribution in [3.8, 4) is 0 Å². The molecule has 0 aliphatic carbocycles. The Morgan fingerprint density at radius 2 is 2.29 bits per heavy atom. The molecule has 0 saturated carbocycles. The second-order valence-corrected chi connectivity index (χ2v) is 4.49. The fourth-order valence-electron chi connectivity index (χ4n) is 1.19. The number of carbonyl (C=O) groups excluding carboxylic acids is 1. The van der Waals surface area contributed by atoms with Gasteiger partial charge in [0.15, 0.2) is 5.69 Å². The maximum Gasteiger partial charge on any atom is 0.276 e. The van der Waals surface area contributed by atoms with E-state index in [1.54, 1.807) is 27.1 Å². The van der Waals surface area contributed by atoms with Gasteiger partial charge in [0.2, 0.25) is 0 Å². The van der Waals surface area contributed by atoms with Crippen LogP contribution in [0.5, 0.6) is 0 Å². The molecule has 1 aromatic heterocycles. The molecule has 7 heteroatoms. The highest BCUT2D eigenvalue weighted by Crippen LogP contribution is 2.13. The molecule has 0 fully saturated rings. The number of amides is 1. The lowest BCUT2D eigenvalue weighted by Crippen LogP contribution is -2.47. The number of aromatic nitrogens is 3. The first-order chi connectivity index (χ1) is 7.92. The van der Waals surface area contributed by atoms with Crippen LogP contribution >= 0.6 is 0 Å². The van der Waals surface area contributed by atoms with Crippen LogP contribution in [0.15, 0.2) is 6.20 Å². The van der Waals surface area contributed by atoms with Gasteiger partial charge in [0.05, 0.1) is 24.9 Å². The molecule has 1 amide bonds. The van der Waals surface area contributed by atoms with Gasteiger partial charge in [-0.15, -0.1) is 5.10 Å². The molecule has 0 spiro atoms. The van der Waals surface area contributed by atoms with Crippen LogP contribution in [0.25, 0.3) is 0 Å². The molecule has 0 radical (unpaired) electrons. The first-order valence-corrected chi connectivity index (χ1v) is 5.41. The van der Waals surface area contributed by atoms with Gasteiger partial charge in [-0.1, -0.05) is 5.21 Å². The summed E-state index contributed by atoms with van der Waals surface area (Å²) in [6.45, 7) is 4.39. The zero-order chi connectivity index (χ0) is 13.1. The number of likely N-dealkylation sites (N-methyl/N-ethyl adjacent to an activating group) is 1. The summed E-state index contributed by atoms with van der Waals surface area (Å²) in [6, 6.07) is 0. The third kappa shape index (κ3) is 3.01. The largest absolute Gasteiger partial charge is 0.394 e. The third-order valence-electron chi connectivity index (χ3n) is 2.72. The van der Waals surface area contributed by atoms with E-state index in [1.165, 1.54) is 9.58 Å². The first kappa shape index (κ1) is 13.6. The van der Waals surface area contributed by atoms with Gasteiger partial charge >= 0.3 is 0 Å². The van der Waals surface area contributed by atoms with Crippen molar-refractivity contribution < 1.29 is 9.90 Å². The number of rotatable bonds is 5. The van der Waals surface area contributed by atoms with Gasteiger partial charge in [0.25, 0.3) is 5.91 Å². The van der Waals surface area contributed by atoms with Gasteiger partial charge in [0, 0.05) is 13.6 Å². The Morgan fingerprint density at radius 3 is 2.82 bits per heavy atom. The van der Waals surface area contributed by atoms with Gasteiger partial charge in [-0.2, -0.15) is 0 Å². The topological polar surface area (TPSA) is 97.3 Å². The Bertz CT molecular complexity index is 388. The number of hydrogen-bond donors (Lipinski definition) is 2. The summed E-state index contributed by atoms with van der Waals surface area (Å²) in [5.41, 5.74) is 5.00. The maximum atomic E-state index is 12.0. The van der Waals surface area contributed by atoms with E-state index in [0.717, 1.165) is 0 Å². The average Bonchev–Trinajstić information content (AvgIpc) is 2.76. The number of aliphatic hydroxyl groups excluding tert-OH is 1. The van der Waals surface area contributed by atoms with Crippen molar-refractivity contribution in [2.45, 2.75) is 25.9 Å². The van der Waals surface area contributed by atoms with Crippen LogP contribution in [-0.4, -0.2) is 56.6 Å². The molecule has 0 aliphatic heterocycles. The fourth-order valence-corrected chi connectivity index (χ4v) is 1.19. The van der Waals surface area contributed by atoms with Gasteiger partial charge in [-0.25, -0.2) is 0 Å². The molecule has 0 atom stereocenters. The lowest BCUT2D eigenvalue weighted by atomic mass is 10.1. The Labute approximate surface area is 100 Å². The third-order valence-corrected chi connectivity index (χ3v) is 2.72. The van der Waals surface area contributed by atoms with E-state index in [9.17, 15) is 9.90 Å². The molecule has 0 bridgehead atoms.